The summed E-state index contributed by atoms with van der Waals surface area (Å²) in [4.78, 5) is 14.0. The van der Waals surface area contributed by atoms with Crippen molar-refractivity contribution in [3.05, 3.63) is 0 Å². The molecule has 94 valence electrons. The Morgan fingerprint density at radius 3 is 2.88 bits per heavy atom. The number of likely N-dealkylation sites (N-methyl/N-ethyl adjacent to an activating group) is 2. The fraction of sp³-hybridized carbons (Fsp3) is 0.909. The van der Waals surface area contributed by atoms with E-state index in [0.717, 1.165) is 6.54 Å². The van der Waals surface area contributed by atoms with Crippen LogP contribution in [0.1, 0.15) is 6.92 Å². The molecule has 0 radical (unpaired) electrons. The van der Waals surface area contributed by atoms with Gasteiger partial charge in [-0.3, -0.25) is 4.79 Å². The summed E-state index contributed by atoms with van der Waals surface area (Å²) >= 11 is 0. The molecule has 0 aliphatic carbocycles. The van der Waals surface area contributed by atoms with Gasteiger partial charge in [0.05, 0.1) is 25.7 Å². The average Bonchev–Trinajstić information content (AvgIpc) is 2.77. The summed E-state index contributed by atoms with van der Waals surface area (Å²) in [7, 11) is 3.51. The minimum Gasteiger partial charge on any atom is -0.383 e. The Hall–Kier alpha value is -0.650. The number of nitrogens with zero attached hydrogens (tertiary/aromatic N) is 1. The van der Waals surface area contributed by atoms with E-state index < -0.39 is 0 Å². The molecule has 0 spiro atoms. The highest BCUT2D eigenvalue weighted by Crippen LogP contribution is 2.16. The Bertz CT molecular complexity index is 223. The maximum absolute atomic E-state index is 12.2. The molecule has 16 heavy (non-hydrogen) atoms. The van der Waals surface area contributed by atoms with Crippen LogP contribution in [0.3, 0.4) is 0 Å². The third-order valence-corrected chi connectivity index (χ3v) is 3.03. The fourth-order valence-corrected chi connectivity index (χ4v) is 1.94. The van der Waals surface area contributed by atoms with Gasteiger partial charge >= 0.3 is 0 Å². The molecule has 0 bridgehead atoms. The number of nitrogens with one attached hydrogen (secondary N) is 1. The molecule has 5 nitrogen and oxygen atoms in total. The molecular formula is C11H22N2O3. The number of rotatable bonds is 6. The number of hydrogen-bond donors (Lipinski definition) is 1. The highest BCUT2D eigenvalue weighted by Gasteiger charge is 2.35. The van der Waals surface area contributed by atoms with Crippen LogP contribution in [0, 0.1) is 5.92 Å². The van der Waals surface area contributed by atoms with Crippen molar-refractivity contribution >= 4 is 5.91 Å². The van der Waals surface area contributed by atoms with E-state index in [9.17, 15) is 4.79 Å². The molecule has 1 aliphatic rings. The molecular weight excluding hydrogens is 208 g/mol. The van der Waals surface area contributed by atoms with Gasteiger partial charge < -0.3 is 19.7 Å². The van der Waals surface area contributed by atoms with E-state index in [0.29, 0.717) is 26.4 Å². The van der Waals surface area contributed by atoms with Crippen LogP contribution >= 0.6 is 0 Å². The van der Waals surface area contributed by atoms with Crippen molar-refractivity contribution < 1.29 is 14.3 Å². The number of carbonyl (C=O) groups excluding carboxylic acids is 1. The lowest BCUT2D eigenvalue weighted by Gasteiger charge is -2.25. The summed E-state index contributed by atoms with van der Waals surface area (Å²) in [6.07, 6.45) is 0. The molecule has 0 saturated carbocycles. The van der Waals surface area contributed by atoms with Crippen molar-refractivity contribution in [1.82, 2.24) is 10.2 Å². The van der Waals surface area contributed by atoms with Crippen LogP contribution in [0.25, 0.3) is 0 Å². The smallest absolute Gasteiger partial charge is 0.229 e. The number of ether oxygens (including phenoxy) is 2. The van der Waals surface area contributed by atoms with Gasteiger partial charge in [-0.05, 0) is 14.0 Å². The minimum absolute atomic E-state index is 0.0539. The van der Waals surface area contributed by atoms with Gasteiger partial charge in [-0.15, -0.1) is 0 Å². The van der Waals surface area contributed by atoms with Gasteiger partial charge in [0, 0.05) is 26.2 Å². The predicted molar refractivity (Wildman–Crippen MR) is 61.3 cm³/mol. The average molecular weight is 230 g/mol. The molecule has 1 saturated heterocycles. The van der Waals surface area contributed by atoms with E-state index in [2.05, 4.69) is 5.32 Å². The van der Waals surface area contributed by atoms with Gasteiger partial charge in [0.25, 0.3) is 0 Å². The molecule has 1 rings (SSSR count). The van der Waals surface area contributed by atoms with Gasteiger partial charge in [0.2, 0.25) is 5.91 Å². The quantitative estimate of drug-likeness (QED) is 0.681. The van der Waals surface area contributed by atoms with Crippen LogP contribution in [0.4, 0.5) is 0 Å². The van der Waals surface area contributed by atoms with Crippen LogP contribution in [-0.2, 0) is 14.3 Å². The summed E-state index contributed by atoms with van der Waals surface area (Å²) in [5.41, 5.74) is 0. The lowest BCUT2D eigenvalue weighted by Crippen LogP contribution is -2.45. The zero-order chi connectivity index (χ0) is 12.0. The highest BCUT2D eigenvalue weighted by molar-refractivity contribution is 5.80. The lowest BCUT2D eigenvalue weighted by atomic mass is 10.0. The summed E-state index contributed by atoms with van der Waals surface area (Å²) in [6.45, 7) is 5.07. The van der Waals surface area contributed by atoms with Crippen LogP contribution in [0.2, 0.25) is 0 Å². The van der Waals surface area contributed by atoms with E-state index in [4.69, 9.17) is 9.47 Å². The minimum atomic E-state index is -0.0539. The first kappa shape index (κ1) is 13.4. The van der Waals surface area contributed by atoms with E-state index in [1.165, 1.54) is 0 Å². The number of hydrogen-bond acceptors (Lipinski definition) is 4. The van der Waals surface area contributed by atoms with E-state index in [1.54, 1.807) is 7.11 Å². The van der Waals surface area contributed by atoms with Crippen molar-refractivity contribution in [3.8, 4) is 0 Å². The van der Waals surface area contributed by atoms with Gasteiger partial charge in [-0.25, -0.2) is 0 Å². The van der Waals surface area contributed by atoms with Crippen LogP contribution in [0.5, 0.6) is 0 Å². The zero-order valence-corrected chi connectivity index (χ0v) is 10.4. The Morgan fingerprint density at radius 1 is 1.56 bits per heavy atom. The van der Waals surface area contributed by atoms with Crippen molar-refractivity contribution in [1.29, 1.82) is 0 Å². The second-order valence-electron chi connectivity index (χ2n) is 3.95. The second kappa shape index (κ2) is 6.83. The maximum atomic E-state index is 12.2. The third kappa shape index (κ3) is 3.17. The first-order valence-electron chi connectivity index (χ1n) is 5.77. The van der Waals surface area contributed by atoms with Gasteiger partial charge in [-0.2, -0.15) is 0 Å². The SMILES string of the molecule is CCN(CCOC)C(=O)C1COCC1NC. The van der Waals surface area contributed by atoms with Crippen LogP contribution < -0.4 is 5.32 Å². The molecule has 1 amide bonds. The lowest BCUT2D eigenvalue weighted by molar-refractivity contribution is -0.136. The van der Waals surface area contributed by atoms with Gasteiger partial charge in [0.1, 0.15) is 0 Å². The van der Waals surface area contributed by atoms with Gasteiger partial charge in [0.15, 0.2) is 0 Å². The normalized spacial score (nSPS) is 24.7. The second-order valence-corrected chi connectivity index (χ2v) is 3.95. The molecule has 2 unspecified atom stereocenters. The standard InChI is InChI=1S/C11H22N2O3/c1-4-13(5-6-15-3)11(14)9-7-16-8-10(9)12-2/h9-10,12H,4-8H2,1-3H3. The molecule has 2 atom stereocenters. The molecule has 0 aromatic rings. The molecule has 1 aliphatic heterocycles. The number of amides is 1. The van der Waals surface area contributed by atoms with Gasteiger partial charge in [-0.1, -0.05) is 0 Å². The Kier molecular flexibility index (Phi) is 5.73. The Balaban J connectivity index is 2.52. The first-order valence-corrected chi connectivity index (χ1v) is 5.77. The number of methoxy groups -OCH3 is 1. The first-order chi connectivity index (χ1) is 7.74. The molecule has 1 N–H and O–H groups in total. The number of carbonyl (C=O) groups is 1. The highest BCUT2D eigenvalue weighted by atomic mass is 16.5. The zero-order valence-electron chi connectivity index (χ0n) is 10.4. The molecule has 0 aromatic carbocycles. The molecule has 0 aromatic heterocycles. The molecule has 5 heteroatoms. The van der Waals surface area contributed by atoms with Crippen LogP contribution in [0.15, 0.2) is 0 Å². The maximum Gasteiger partial charge on any atom is 0.229 e. The van der Waals surface area contributed by atoms with E-state index in [1.807, 2.05) is 18.9 Å². The topological polar surface area (TPSA) is 50.8 Å². The van der Waals surface area contributed by atoms with E-state index in [-0.39, 0.29) is 17.9 Å². The van der Waals surface area contributed by atoms with Crippen molar-refractivity contribution in [2.75, 3.05) is 47.1 Å². The summed E-state index contributed by atoms with van der Waals surface area (Å²) in [6, 6.07) is 0.143. The summed E-state index contributed by atoms with van der Waals surface area (Å²) in [5.74, 6) is 0.109. The monoisotopic (exact) mass is 230 g/mol. The largest absolute Gasteiger partial charge is 0.383 e. The Labute approximate surface area is 97.1 Å². The Morgan fingerprint density at radius 2 is 2.31 bits per heavy atom. The van der Waals surface area contributed by atoms with Crippen LogP contribution in [-0.4, -0.2) is 63.9 Å². The molecule has 1 heterocycles. The fourth-order valence-electron chi connectivity index (χ4n) is 1.94. The van der Waals surface area contributed by atoms with Crippen molar-refractivity contribution in [2.45, 2.75) is 13.0 Å². The summed E-state index contributed by atoms with van der Waals surface area (Å²) in [5, 5.41) is 3.13. The van der Waals surface area contributed by atoms with Crippen molar-refractivity contribution in [2.24, 2.45) is 5.92 Å². The van der Waals surface area contributed by atoms with Crippen molar-refractivity contribution in [3.63, 3.8) is 0 Å². The predicted octanol–water partition coefficient (Wildman–Crippen LogP) is -0.284. The summed E-state index contributed by atoms with van der Waals surface area (Å²) < 4.78 is 10.3. The third-order valence-electron chi connectivity index (χ3n) is 3.03. The molecule has 1 fully saturated rings. The van der Waals surface area contributed by atoms with E-state index >= 15 is 0 Å².